The van der Waals surface area contributed by atoms with E-state index in [0.717, 1.165) is 61.2 Å². The van der Waals surface area contributed by atoms with Gasteiger partial charge in [0.25, 0.3) is 0 Å². The Morgan fingerprint density at radius 2 is 1.75 bits per heavy atom. The molecule has 0 spiro atoms. The second-order valence-electron chi connectivity index (χ2n) is 5.08. The quantitative estimate of drug-likeness (QED) is 0.865. The van der Waals surface area contributed by atoms with Crippen molar-refractivity contribution in [2.45, 2.75) is 6.92 Å². The molecule has 5 nitrogen and oxygen atoms in total. The summed E-state index contributed by atoms with van der Waals surface area (Å²) in [4.78, 5) is 14.1. The van der Waals surface area contributed by atoms with Crippen molar-refractivity contribution in [3.8, 4) is 0 Å². The smallest absolute Gasteiger partial charge is 0.227 e. The summed E-state index contributed by atoms with van der Waals surface area (Å²) >= 11 is 5.69. The van der Waals surface area contributed by atoms with Gasteiger partial charge in [-0.3, -0.25) is 0 Å². The molecule has 3 heterocycles. The van der Waals surface area contributed by atoms with Gasteiger partial charge in [-0.15, -0.1) is 0 Å². The van der Waals surface area contributed by atoms with Crippen LogP contribution in [0.2, 0.25) is 0 Å². The first kappa shape index (κ1) is 14.4. The third-order valence-corrected chi connectivity index (χ3v) is 5.57. The van der Waals surface area contributed by atoms with E-state index in [1.165, 1.54) is 11.5 Å². The van der Waals surface area contributed by atoms with E-state index < -0.39 is 0 Å². The van der Waals surface area contributed by atoms with E-state index in [0.29, 0.717) is 0 Å². The number of aromatic nitrogens is 2. The van der Waals surface area contributed by atoms with Gasteiger partial charge in [-0.1, -0.05) is 0 Å². The molecule has 1 aromatic rings. The number of nitrogens with zero attached hydrogens (tertiary/aromatic N) is 4. The molecule has 0 atom stereocenters. The first-order valence-electron chi connectivity index (χ1n) is 7.08. The van der Waals surface area contributed by atoms with E-state index in [1.807, 2.05) is 11.8 Å². The molecule has 2 saturated heterocycles. The van der Waals surface area contributed by atoms with E-state index in [-0.39, 0.29) is 0 Å². The number of rotatable bonds is 2. The fourth-order valence-corrected chi connectivity index (χ4v) is 3.85. The summed E-state index contributed by atoms with van der Waals surface area (Å²) in [5.74, 6) is 4.29. The molecule has 0 aromatic carbocycles. The van der Waals surface area contributed by atoms with Gasteiger partial charge in [0.2, 0.25) is 5.95 Å². The number of hydrogen-bond acceptors (Lipinski definition) is 6. The molecule has 7 heteroatoms. The van der Waals surface area contributed by atoms with Gasteiger partial charge in [-0.2, -0.15) is 16.7 Å². The third kappa shape index (κ3) is 3.04. The van der Waals surface area contributed by atoms with E-state index in [1.54, 1.807) is 0 Å². The van der Waals surface area contributed by atoms with Gasteiger partial charge in [0, 0.05) is 50.8 Å². The van der Waals surface area contributed by atoms with Crippen LogP contribution in [0.1, 0.15) is 5.69 Å². The molecule has 2 fully saturated rings. The van der Waals surface area contributed by atoms with E-state index in [2.05, 4.69) is 43.0 Å². The number of nitrogens with one attached hydrogen (secondary N) is 1. The topological polar surface area (TPSA) is 44.3 Å². The fourth-order valence-electron chi connectivity index (χ4n) is 2.52. The van der Waals surface area contributed by atoms with Crippen molar-refractivity contribution in [1.29, 1.82) is 0 Å². The average molecular weight is 358 g/mol. The Kier molecular flexibility index (Phi) is 4.68. The lowest BCUT2D eigenvalue weighted by Crippen LogP contribution is -2.44. The molecule has 2 aliphatic heterocycles. The monoisotopic (exact) mass is 357 g/mol. The summed E-state index contributed by atoms with van der Waals surface area (Å²) < 4.78 is 1.04. The summed E-state index contributed by atoms with van der Waals surface area (Å²) in [5, 5.41) is 3.37. The lowest BCUT2D eigenvalue weighted by Gasteiger charge is -2.31. The van der Waals surface area contributed by atoms with Crippen LogP contribution in [0.5, 0.6) is 0 Å². The van der Waals surface area contributed by atoms with Crippen LogP contribution in [0.4, 0.5) is 11.8 Å². The van der Waals surface area contributed by atoms with Gasteiger partial charge >= 0.3 is 0 Å². The number of aryl methyl sites for hydroxylation is 1. The summed E-state index contributed by atoms with van der Waals surface area (Å²) in [6, 6.07) is 0. The van der Waals surface area contributed by atoms with Crippen LogP contribution in [-0.2, 0) is 0 Å². The largest absolute Gasteiger partial charge is 0.354 e. The highest BCUT2D eigenvalue weighted by Crippen LogP contribution is 2.30. The maximum absolute atomic E-state index is 4.84. The molecule has 0 bridgehead atoms. The van der Waals surface area contributed by atoms with Crippen molar-refractivity contribution in [3.05, 3.63) is 10.2 Å². The summed E-state index contributed by atoms with van der Waals surface area (Å²) in [5.41, 5.74) is 1.03. The Bertz CT molecular complexity index is 472. The number of hydrogen-bond donors (Lipinski definition) is 1. The van der Waals surface area contributed by atoms with Gasteiger partial charge in [-0.05, 0) is 22.9 Å². The van der Waals surface area contributed by atoms with Crippen molar-refractivity contribution in [2.24, 2.45) is 0 Å². The van der Waals surface area contributed by atoms with Crippen molar-refractivity contribution >= 4 is 39.5 Å². The average Bonchev–Trinajstić information content (AvgIpc) is 2.51. The Hall–Kier alpha value is -0.530. The molecule has 0 saturated carbocycles. The first-order valence-corrected chi connectivity index (χ1v) is 9.03. The van der Waals surface area contributed by atoms with Crippen LogP contribution in [-0.4, -0.2) is 60.7 Å². The zero-order valence-corrected chi connectivity index (χ0v) is 14.1. The summed E-state index contributed by atoms with van der Waals surface area (Å²) in [6.45, 7) is 8.18. The Labute approximate surface area is 132 Å². The minimum atomic E-state index is 0.875. The zero-order valence-electron chi connectivity index (χ0n) is 11.7. The lowest BCUT2D eigenvalue weighted by atomic mass is 10.3. The SMILES string of the molecule is Cc1nc(N2CCNCC2)nc(N2CCSCC2)c1Br. The maximum atomic E-state index is 4.84. The van der Waals surface area contributed by atoms with Gasteiger partial charge in [0.15, 0.2) is 0 Å². The number of thioether (sulfide) groups is 1. The maximum Gasteiger partial charge on any atom is 0.227 e. The molecule has 110 valence electrons. The molecule has 20 heavy (non-hydrogen) atoms. The van der Waals surface area contributed by atoms with Crippen LogP contribution in [0.15, 0.2) is 4.47 Å². The molecule has 2 aliphatic rings. The molecule has 0 unspecified atom stereocenters. The van der Waals surface area contributed by atoms with Gasteiger partial charge in [0.05, 0.1) is 10.2 Å². The van der Waals surface area contributed by atoms with E-state index in [9.17, 15) is 0 Å². The molecule has 1 N–H and O–H groups in total. The summed E-state index contributed by atoms with van der Waals surface area (Å²) in [7, 11) is 0. The molecule has 0 aliphatic carbocycles. The van der Waals surface area contributed by atoms with Crippen molar-refractivity contribution < 1.29 is 0 Å². The van der Waals surface area contributed by atoms with Crippen molar-refractivity contribution in [1.82, 2.24) is 15.3 Å². The second-order valence-corrected chi connectivity index (χ2v) is 7.10. The van der Waals surface area contributed by atoms with Crippen LogP contribution < -0.4 is 15.1 Å². The van der Waals surface area contributed by atoms with Crippen LogP contribution in [0.25, 0.3) is 0 Å². The Balaban J connectivity index is 1.89. The minimum Gasteiger partial charge on any atom is -0.354 e. The highest BCUT2D eigenvalue weighted by Gasteiger charge is 2.21. The first-order chi connectivity index (χ1) is 9.75. The van der Waals surface area contributed by atoms with Crippen LogP contribution >= 0.6 is 27.7 Å². The van der Waals surface area contributed by atoms with Crippen molar-refractivity contribution in [3.63, 3.8) is 0 Å². The highest BCUT2D eigenvalue weighted by molar-refractivity contribution is 9.10. The molecule has 0 radical (unpaired) electrons. The zero-order chi connectivity index (χ0) is 13.9. The number of piperazine rings is 1. The molecule has 0 amide bonds. The van der Waals surface area contributed by atoms with E-state index in [4.69, 9.17) is 4.98 Å². The normalized spacial score (nSPS) is 20.3. The van der Waals surface area contributed by atoms with Gasteiger partial charge in [0.1, 0.15) is 5.82 Å². The standard InChI is InChI=1S/C13H20BrN5S/c1-10-11(14)12(18-6-8-20-9-7-18)17-13(16-10)19-4-2-15-3-5-19/h15H,2-9H2,1H3. The minimum absolute atomic E-state index is 0.875. The third-order valence-electron chi connectivity index (χ3n) is 3.70. The van der Waals surface area contributed by atoms with Gasteiger partial charge < -0.3 is 15.1 Å². The van der Waals surface area contributed by atoms with Crippen molar-refractivity contribution in [2.75, 3.05) is 60.6 Å². The molecular weight excluding hydrogens is 338 g/mol. The predicted octanol–water partition coefficient (Wildman–Crippen LogP) is 1.51. The Morgan fingerprint density at radius 1 is 1.05 bits per heavy atom. The molecular formula is C13H20BrN5S. The molecule has 3 rings (SSSR count). The van der Waals surface area contributed by atoms with Crippen LogP contribution in [0.3, 0.4) is 0 Å². The fraction of sp³-hybridized carbons (Fsp3) is 0.692. The second kappa shape index (κ2) is 6.49. The Morgan fingerprint density at radius 3 is 2.45 bits per heavy atom. The number of halogens is 1. The molecule has 1 aromatic heterocycles. The van der Waals surface area contributed by atoms with E-state index >= 15 is 0 Å². The summed E-state index contributed by atoms with van der Waals surface area (Å²) in [6.07, 6.45) is 0. The lowest BCUT2D eigenvalue weighted by molar-refractivity contribution is 0.578. The predicted molar refractivity (Wildman–Crippen MR) is 89.1 cm³/mol. The number of anilines is 2. The van der Waals surface area contributed by atoms with Crippen LogP contribution in [0, 0.1) is 6.92 Å². The van der Waals surface area contributed by atoms with Gasteiger partial charge in [-0.25, -0.2) is 4.98 Å². The highest BCUT2D eigenvalue weighted by atomic mass is 79.9.